The second-order valence-electron chi connectivity index (χ2n) is 3.32. The Hall–Kier alpha value is -0.250. The maximum atomic E-state index is 9.16. The Morgan fingerprint density at radius 2 is 1.56 bits per heavy atom. The third-order valence-electron chi connectivity index (χ3n) is 1.91. The third kappa shape index (κ3) is 13.8. The summed E-state index contributed by atoms with van der Waals surface area (Å²) >= 11 is 0. The van der Waals surface area contributed by atoms with Gasteiger partial charge in [-0.2, -0.15) is 8.42 Å². The van der Waals surface area contributed by atoms with Crippen LogP contribution in [0, 0.1) is 0 Å². The predicted octanol–water partition coefficient (Wildman–Crippen LogP) is 4.13. The first-order valence-corrected chi connectivity index (χ1v) is 8.25. The van der Waals surface area contributed by atoms with Gasteiger partial charge in [0.2, 0.25) is 0 Å². The SMILES string of the molecule is CCCCCc1ccccc1.O=S(=O)(Cl)Cl. The third-order valence-corrected chi connectivity index (χ3v) is 1.91. The zero-order chi connectivity index (χ0) is 12.4. The average Bonchev–Trinajstić information content (AvgIpc) is 2.17. The molecule has 0 N–H and O–H groups in total. The van der Waals surface area contributed by atoms with Gasteiger partial charge in [0.05, 0.1) is 0 Å². The number of hydrogen-bond donors (Lipinski definition) is 0. The molecule has 0 bridgehead atoms. The van der Waals surface area contributed by atoms with Crippen molar-refractivity contribution in [1.29, 1.82) is 0 Å². The zero-order valence-electron chi connectivity index (χ0n) is 9.20. The minimum atomic E-state index is -3.72. The predicted molar refractivity (Wildman–Crippen MR) is 70.3 cm³/mol. The van der Waals surface area contributed by atoms with Gasteiger partial charge in [-0.3, -0.25) is 0 Å². The quantitative estimate of drug-likeness (QED) is 0.615. The average molecular weight is 283 g/mol. The molecule has 5 heteroatoms. The van der Waals surface area contributed by atoms with Crippen LogP contribution in [0.25, 0.3) is 0 Å². The second-order valence-corrected chi connectivity index (χ2v) is 6.99. The van der Waals surface area contributed by atoms with Gasteiger partial charge in [-0.25, -0.2) is 0 Å². The largest absolute Gasteiger partial charge is 0.317 e. The molecule has 0 unspecified atom stereocenters. The molecule has 0 atom stereocenters. The minimum absolute atomic E-state index is 1.24. The highest BCUT2D eigenvalue weighted by Gasteiger charge is 1.89. The molecule has 0 aliphatic carbocycles. The molecule has 92 valence electrons. The van der Waals surface area contributed by atoms with E-state index in [4.69, 9.17) is 8.42 Å². The Bertz CT molecular complexity index is 355. The highest BCUT2D eigenvalue weighted by atomic mass is 36.0. The fourth-order valence-electron chi connectivity index (χ4n) is 1.22. The van der Waals surface area contributed by atoms with Crippen LogP contribution in [0.3, 0.4) is 0 Å². The van der Waals surface area contributed by atoms with E-state index in [0.717, 1.165) is 0 Å². The molecule has 16 heavy (non-hydrogen) atoms. The van der Waals surface area contributed by atoms with Crippen molar-refractivity contribution in [2.45, 2.75) is 32.6 Å². The molecule has 2 nitrogen and oxygen atoms in total. The Labute approximate surface area is 107 Å². The van der Waals surface area contributed by atoms with Crippen molar-refractivity contribution in [3.05, 3.63) is 35.9 Å². The lowest BCUT2D eigenvalue weighted by molar-refractivity contribution is 0.621. The molecular weight excluding hydrogens is 267 g/mol. The number of hydrogen-bond acceptors (Lipinski definition) is 2. The summed E-state index contributed by atoms with van der Waals surface area (Å²) < 4.78 is 18.3. The van der Waals surface area contributed by atoms with Gasteiger partial charge < -0.3 is 0 Å². The fraction of sp³-hybridized carbons (Fsp3) is 0.455. The Kier molecular flexibility index (Phi) is 8.71. The molecule has 0 aliphatic heterocycles. The molecule has 0 aromatic heterocycles. The van der Waals surface area contributed by atoms with Crippen molar-refractivity contribution in [1.82, 2.24) is 0 Å². The van der Waals surface area contributed by atoms with Crippen LogP contribution >= 0.6 is 21.4 Å². The molecule has 0 saturated heterocycles. The van der Waals surface area contributed by atoms with E-state index in [9.17, 15) is 0 Å². The fourth-order valence-corrected chi connectivity index (χ4v) is 1.22. The lowest BCUT2D eigenvalue weighted by Gasteiger charge is -1.98. The van der Waals surface area contributed by atoms with E-state index in [1.54, 1.807) is 0 Å². The minimum Gasteiger partial charge on any atom is -0.195 e. The summed E-state index contributed by atoms with van der Waals surface area (Å²) in [5, 5.41) is 0. The van der Waals surface area contributed by atoms with Gasteiger partial charge in [-0.15, -0.1) is 0 Å². The van der Waals surface area contributed by atoms with Gasteiger partial charge >= 0.3 is 8.26 Å². The van der Waals surface area contributed by atoms with Crippen LogP contribution in [0.1, 0.15) is 31.7 Å². The molecule has 0 heterocycles. The van der Waals surface area contributed by atoms with Gasteiger partial charge in [0.15, 0.2) is 0 Å². The summed E-state index contributed by atoms with van der Waals surface area (Å²) in [5.74, 6) is 0. The van der Waals surface area contributed by atoms with E-state index < -0.39 is 8.26 Å². The molecular formula is C11H16Cl2O2S. The van der Waals surface area contributed by atoms with Crippen molar-refractivity contribution >= 4 is 29.6 Å². The van der Waals surface area contributed by atoms with Crippen molar-refractivity contribution in [2.24, 2.45) is 0 Å². The summed E-state index contributed by atoms with van der Waals surface area (Å²) in [6, 6.07) is 10.7. The van der Waals surface area contributed by atoms with E-state index in [-0.39, 0.29) is 0 Å². The van der Waals surface area contributed by atoms with Gasteiger partial charge in [0, 0.05) is 21.4 Å². The molecule has 0 saturated carbocycles. The highest BCUT2D eigenvalue weighted by molar-refractivity contribution is 8.31. The van der Waals surface area contributed by atoms with Crippen LogP contribution in [0.2, 0.25) is 0 Å². The lowest BCUT2D eigenvalue weighted by atomic mass is 10.1. The molecule has 1 rings (SSSR count). The highest BCUT2D eigenvalue weighted by Crippen LogP contribution is 2.05. The first-order valence-electron chi connectivity index (χ1n) is 5.11. The van der Waals surface area contributed by atoms with Crippen molar-refractivity contribution in [3.63, 3.8) is 0 Å². The standard InChI is InChI=1S/C11H16.Cl2O2S/c1-2-3-5-8-11-9-6-4-7-10-11;1-5(2,3)4/h4,6-7,9-10H,2-3,5,8H2,1H3;. The van der Waals surface area contributed by atoms with Crippen molar-refractivity contribution in [3.8, 4) is 0 Å². The van der Waals surface area contributed by atoms with Gasteiger partial charge in [0.25, 0.3) is 0 Å². The first kappa shape index (κ1) is 15.8. The Balaban J connectivity index is 0.000000385. The van der Waals surface area contributed by atoms with Gasteiger partial charge in [0.1, 0.15) is 0 Å². The first-order chi connectivity index (χ1) is 7.43. The number of benzene rings is 1. The van der Waals surface area contributed by atoms with Gasteiger partial charge in [-0.05, 0) is 18.4 Å². The second kappa shape index (κ2) is 8.85. The van der Waals surface area contributed by atoms with Crippen LogP contribution in [0.4, 0.5) is 0 Å². The van der Waals surface area contributed by atoms with E-state index in [1.165, 1.54) is 31.2 Å². The topological polar surface area (TPSA) is 34.1 Å². The van der Waals surface area contributed by atoms with Crippen LogP contribution in [-0.4, -0.2) is 8.42 Å². The number of halogens is 2. The molecule has 0 radical (unpaired) electrons. The molecule has 1 aromatic carbocycles. The van der Waals surface area contributed by atoms with Crippen molar-refractivity contribution in [2.75, 3.05) is 0 Å². The maximum Gasteiger partial charge on any atom is 0.317 e. The number of unbranched alkanes of at least 4 members (excludes halogenated alkanes) is 2. The van der Waals surface area contributed by atoms with Crippen molar-refractivity contribution < 1.29 is 8.42 Å². The van der Waals surface area contributed by atoms with E-state index in [1.807, 2.05) is 0 Å². The van der Waals surface area contributed by atoms with Crippen LogP contribution in [0.15, 0.2) is 30.3 Å². The van der Waals surface area contributed by atoms with Crippen LogP contribution < -0.4 is 0 Å². The molecule has 0 amide bonds. The zero-order valence-corrected chi connectivity index (χ0v) is 11.5. The van der Waals surface area contributed by atoms with Gasteiger partial charge in [-0.1, -0.05) is 50.1 Å². The van der Waals surface area contributed by atoms with Crippen LogP contribution in [0.5, 0.6) is 0 Å². The van der Waals surface area contributed by atoms with E-state index in [0.29, 0.717) is 0 Å². The summed E-state index contributed by atoms with van der Waals surface area (Å²) in [5.41, 5.74) is 1.47. The smallest absolute Gasteiger partial charge is 0.195 e. The number of aryl methyl sites for hydroxylation is 1. The summed E-state index contributed by atoms with van der Waals surface area (Å²) in [6.07, 6.45) is 5.25. The Morgan fingerprint density at radius 1 is 1.06 bits per heavy atom. The molecule has 0 spiro atoms. The summed E-state index contributed by atoms with van der Waals surface area (Å²) in [4.78, 5) is 0. The Morgan fingerprint density at radius 3 is 2.00 bits per heavy atom. The normalized spacial score (nSPS) is 10.4. The molecule has 1 aromatic rings. The maximum absolute atomic E-state index is 9.16. The molecule has 0 fully saturated rings. The molecule has 0 aliphatic rings. The monoisotopic (exact) mass is 282 g/mol. The summed E-state index contributed by atoms with van der Waals surface area (Å²) in [7, 11) is 4.81. The van der Waals surface area contributed by atoms with E-state index >= 15 is 0 Å². The van der Waals surface area contributed by atoms with Crippen LogP contribution in [-0.2, 0) is 14.7 Å². The van der Waals surface area contributed by atoms with E-state index in [2.05, 4.69) is 58.6 Å². The number of rotatable bonds is 4. The lowest BCUT2D eigenvalue weighted by Crippen LogP contribution is -1.83. The summed E-state index contributed by atoms with van der Waals surface area (Å²) in [6.45, 7) is 2.24.